The van der Waals surface area contributed by atoms with E-state index in [-0.39, 0.29) is 11.8 Å². The van der Waals surface area contributed by atoms with Gasteiger partial charge in [-0.05, 0) is 24.3 Å². The summed E-state index contributed by atoms with van der Waals surface area (Å²) in [5.74, 6) is -0.146. The first-order chi connectivity index (χ1) is 12.1. The van der Waals surface area contributed by atoms with Gasteiger partial charge in [0.05, 0.1) is 6.20 Å². The number of rotatable bonds is 3. The first kappa shape index (κ1) is 16.9. The highest BCUT2D eigenvalue weighted by molar-refractivity contribution is 5.95. The highest BCUT2D eigenvalue weighted by Gasteiger charge is 2.26. The van der Waals surface area contributed by atoms with Crippen molar-refractivity contribution in [2.75, 3.05) is 45.2 Å². The Balaban J connectivity index is 1.60. The summed E-state index contributed by atoms with van der Waals surface area (Å²) >= 11 is 0. The van der Waals surface area contributed by atoms with E-state index < -0.39 is 0 Å². The van der Waals surface area contributed by atoms with Gasteiger partial charge in [-0.2, -0.15) is 0 Å². The van der Waals surface area contributed by atoms with Crippen LogP contribution in [0.15, 0.2) is 42.9 Å². The van der Waals surface area contributed by atoms with Crippen molar-refractivity contribution in [3.8, 4) is 0 Å². The minimum Gasteiger partial charge on any atom is -0.378 e. The van der Waals surface area contributed by atoms with Crippen LogP contribution in [0, 0.1) is 0 Å². The number of hydrogen-bond acceptors (Lipinski definition) is 5. The second kappa shape index (κ2) is 7.29. The molecule has 2 heterocycles. The van der Waals surface area contributed by atoms with E-state index in [1.165, 1.54) is 18.6 Å². The Morgan fingerprint density at radius 3 is 2.04 bits per heavy atom. The van der Waals surface area contributed by atoms with Crippen LogP contribution in [0.25, 0.3) is 0 Å². The number of amides is 2. The Morgan fingerprint density at radius 2 is 1.52 bits per heavy atom. The average Bonchev–Trinajstić information content (AvgIpc) is 2.67. The summed E-state index contributed by atoms with van der Waals surface area (Å²) in [5.41, 5.74) is 2.05. The van der Waals surface area contributed by atoms with E-state index in [1.807, 2.05) is 43.3 Å². The van der Waals surface area contributed by atoms with Gasteiger partial charge in [0, 0.05) is 63.9 Å². The predicted octanol–water partition coefficient (Wildman–Crippen LogP) is 1.14. The molecule has 1 aliphatic heterocycles. The topological polar surface area (TPSA) is 69.6 Å². The second-order valence-corrected chi connectivity index (χ2v) is 6.12. The Kier molecular flexibility index (Phi) is 4.92. The Bertz CT molecular complexity index is 738. The van der Waals surface area contributed by atoms with Gasteiger partial charge in [0.1, 0.15) is 5.69 Å². The SMILES string of the molecule is CN(C)c1ccc(C(=O)N2CCN(C(=O)c3cnccn3)CC2)cc1. The maximum absolute atomic E-state index is 12.6. The number of carbonyl (C=O) groups is 2. The molecule has 0 atom stereocenters. The molecule has 2 amide bonds. The van der Waals surface area contributed by atoms with Gasteiger partial charge in [-0.25, -0.2) is 4.98 Å². The maximum Gasteiger partial charge on any atom is 0.274 e. The first-order valence-electron chi connectivity index (χ1n) is 8.18. The number of carbonyl (C=O) groups excluding carboxylic acids is 2. The lowest BCUT2D eigenvalue weighted by atomic mass is 10.1. The van der Waals surface area contributed by atoms with E-state index in [9.17, 15) is 9.59 Å². The molecule has 0 bridgehead atoms. The van der Waals surface area contributed by atoms with Crippen LogP contribution in [-0.2, 0) is 0 Å². The number of nitrogens with zero attached hydrogens (tertiary/aromatic N) is 5. The molecule has 0 radical (unpaired) electrons. The highest BCUT2D eigenvalue weighted by atomic mass is 16.2. The number of hydrogen-bond donors (Lipinski definition) is 0. The summed E-state index contributed by atoms with van der Waals surface area (Å²) in [4.78, 5) is 38.4. The van der Waals surface area contributed by atoms with Crippen molar-refractivity contribution in [2.45, 2.75) is 0 Å². The molecule has 1 fully saturated rings. The smallest absolute Gasteiger partial charge is 0.274 e. The molecule has 0 saturated carbocycles. The molecular weight excluding hydrogens is 318 g/mol. The molecule has 7 nitrogen and oxygen atoms in total. The molecule has 0 N–H and O–H groups in total. The quantitative estimate of drug-likeness (QED) is 0.839. The van der Waals surface area contributed by atoms with Gasteiger partial charge < -0.3 is 14.7 Å². The minimum atomic E-state index is -0.143. The van der Waals surface area contributed by atoms with E-state index in [0.717, 1.165) is 5.69 Å². The number of piperazine rings is 1. The van der Waals surface area contributed by atoms with Crippen molar-refractivity contribution in [1.82, 2.24) is 19.8 Å². The first-order valence-corrected chi connectivity index (χ1v) is 8.18. The van der Waals surface area contributed by atoms with E-state index in [0.29, 0.717) is 37.4 Å². The molecule has 1 saturated heterocycles. The monoisotopic (exact) mass is 339 g/mol. The van der Waals surface area contributed by atoms with Crippen LogP contribution in [0.4, 0.5) is 5.69 Å². The van der Waals surface area contributed by atoms with Gasteiger partial charge >= 0.3 is 0 Å². The third-order valence-corrected chi connectivity index (χ3v) is 4.27. The zero-order valence-electron chi connectivity index (χ0n) is 14.4. The molecule has 1 aromatic carbocycles. The Hall–Kier alpha value is -2.96. The largest absolute Gasteiger partial charge is 0.378 e. The van der Waals surface area contributed by atoms with Gasteiger partial charge in [0.2, 0.25) is 0 Å². The normalized spacial score (nSPS) is 14.3. The van der Waals surface area contributed by atoms with Crippen molar-refractivity contribution in [2.24, 2.45) is 0 Å². The molecule has 1 aliphatic rings. The number of aromatic nitrogens is 2. The molecule has 0 unspecified atom stereocenters. The van der Waals surface area contributed by atoms with Crippen LogP contribution >= 0.6 is 0 Å². The Labute approximate surface area is 146 Å². The standard InChI is InChI=1S/C18H21N5O2/c1-21(2)15-5-3-14(4-6-15)17(24)22-9-11-23(12-10-22)18(25)16-13-19-7-8-20-16/h3-8,13H,9-12H2,1-2H3. The Morgan fingerprint density at radius 1 is 0.920 bits per heavy atom. The zero-order valence-corrected chi connectivity index (χ0v) is 14.4. The third-order valence-electron chi connectivity index (χ3n) is 4.27. The molecule has 25 heavy (non-hydrogen) atoms. The van der Waals surface area contributed by atoms with Gasteiger partial charge in [-0.1, -0.05) is 0 Å². The molecule has 0 aliphatic carbocycles. The van der Waals surface area contributed by atoms with E-state index in [2.05, 4.69) is 9.97 Å². The fourth-order valence-corrected chi connectivity index (χ4v) is 2.77. The number of anilines is 1. The van der Waals surface area contributed by atoms with Gasteiger partial charge in [0.15, 0.2) is 0 Å². The summed E-state index contributed by atoms with van der Waals surface area (Å²) in [5, 5.41) is 0. The van der Waals surface area contributed by atoms with Crippen LogP contribution in [0.5, 0.6) is 0 Å². The van der Waals surface area contributed by atoms with Crippen molar-refractivity contribution in [3.05, 3.63) is 54.1 Å². The maximum atomic E-state index is 12.6. The summed E-state index contributed by atoms with van der Waals surface area (Å²) in [7, 11) is 3.92. The summed E-state index contributed by atoms with van der Waals surface area (Å²) in [6.45, 7) is 2.02. The van der Waals surface area contributed by atoms with Crippen molar-refractivity contribution < 1.29 is 9.59 Å². The summed E-state index contributed by atoms with van der Waals surface area (Å²) in [6.07, 6.45) is 4.51. The van der Waals surface area contributed by atoms with Crippen LogP contribution in [0.1, 0.15) is 20.8 Å². The lowest BCUT2D eigenvalue weighted by Gasteiger charge is -2.34. The van der Waals surface area contributed by atoms with Gasteiger partial charge in [-0.3, -0.25) is 14.6 Å². The average molecular weight is 339 g/mol. The van der Waals surface area contributed by atoms with E-state index >= 15 is 0 Å². The lowest BCUT2D eigenvalue weighted by molar-refractivity contribution is 0.0532. The van der Waals surface area contributed by atoms with Crippen LogP contribution in [0.3, 0.4) is 0 Å². The van der Waals surface area contributed by atoms with Crippen molar-refractivity contribution >= 4 is 17.5 Å². The van der Waals surface area contributed by atoms with Gasteiger partial charge in [-0.15, -0.1) is 0 Å². The van der Waals surface area contributed by atoms with Crippen LogP contribution in [0.2, 0.25) is 0 Å². The van der Waals surface area contributed by atoms with Crippen molar-refractivity contribution in [1.29, 1.82) is 0 Å². The lowest BCUT2D eigenvalue weighted by Crippen LogP contribution is -2.50. The molecule has 1 aromatic heterocycles. The number of benzene rings is 1. The third kappa shape index (κ3) is 3.76. The fraction of sp³-hybridized carbons (Fsp3) is 0.333. The molecule has 2 aromatic rings. The second-order valence-electron chi connectivity index (χ2n) is 6.12. The molecule has 7 heteroatoms. The summed E-state index contributed by atoms with van der Waals surface area (Å²) in [6, 6.07) is 7.55. The zero-order chi connectivity index (χ0) is 17.8. The molecule has 130 valence electrons. The minimum absolute atomic E-state index is 0.00286. The van der Waals surface area contributed by atoms with E-state index in [4.69, 9.17) is 0 Å². The van der Waals surface area contributed by atoms with E-state index in [1.54, 1.807) is 9.80 Å². The van der Waals surface area contributed by atoms with Crippen LogP contribution in [-0.4, -0.2) is 71.9 Å². The molecular formula is C18H21N5O2. The summed E-state index contributed by atoms with van der Waals surface area (Å²) < 4.78 is 0. The molecule has 0 spiro atoms. The van der Waals surface area contributed by atoms with Crippen LogP contribution < -0.4 is 4.90 Å². The van der Waals surface area contributed by atoms with Gasteiger partial charge in [0.25, 0.3) is 11.8 Å². The highest BCUT2D eigenvalue weighted by Crippen LogP contribution is 2.15. The fourth-order valence-electron chi connectivity index (χ4n) is 2.77. The predicted molar refractivity (Wildman–Crippen MR) is 94.6 cm³/mol. The van der Waals surface area contributed by atoms with Crippen molar-refractivity contribution in [3.63, 3.8) is 0 Å². The molecule has 3 rings (SSSR count).